The molecule has 0 bridgehead atoms. The van der Waals surface area contributed by atoms with E-state index in [1.807, 2.05) is 12.2 Å². The monoisotopic (exact) mass is 542 g/mol. The van der Waals surface area contributed by atoms with Crippen molar-refractivity contribution in [2.24, 2.45) is 40.4 Å². The summed E-state index contributed by atoms with van der Waals surface area (Å²) in [5, 5.41) is 29.6. The van der Waals surface area contributed by atoms with Gasteiger partial charge in [-0.1, -0.05) is 56.4 Å². The van der Waals surface area contributed by atoms with Crippen LogP contribution in [0.4, 0.5) is 0 Å². The number of fused-ring (bicyclic) bond motifs is 3. The van der Waals surface area contributed by atoms with E-state index in [1.54, 1.807) is 26.0 Å². The molecule has 0 aromatic rings. The van der Waals surface area contributed by atoms with Gasteiger partial charge in [-0.3, -0.25) is 19.2 Å². The Labute approximate surface area is 226 Å². The van der Waals surface area contributed by atoms with E-state index in [0.29, 0.717) is 0 Å². The molecule has 1 heterocycles. The Morgan fingerprint density at radius 1 is 1.13 bits per heavy atom. The molecule has 4 aliphatic rings. The average molecular weight is 543 g/mol. The molecule has 39 heavy (non-hydrogen) atoms. The Morgan fingerprint density at radius 3 is 2.44 bits per heavy atom. The Morgan fingerprint density at radius 2 is 1.82 bits per heavy atom. The third-order valence-electron chi connectivity index (χ3n) is 9.14. The first-order chi connectivity index (χ1) is 18.4. The van der Waals surface area contributed by atoms with Gasteiger partial charge >= 0.3 is 17.9 Å². The van der Waals surface area contributed by atoms with Crippen molar-refractivity contribution >= 4 is 29.5 Å². The van der Waals surface area contributed by atoms with Gasteiger partial charge in [-0.05, 0) is 24.7 Å². The summed E-state index contributed by atoms with van der Waals surface area (Å²) in [7, 11) is 0. The number of esters is 2. The van der Waals surface area contributed by atoms with Gasteiger partial charge in [0.05, 0.1) is 12.7 Å². The molecule has 10 heteroatoms. The molecule has 4 rings (SSSR count). The van der Waals surface area contributed by atoms with Crippen LogP contribution in [-0.4, -0.2) is 69.7 Å². The number of hydrogen-bond donors (Lipinski definition) is 3. The highest BCUT2D eigenvalue weighted by atomic mass is 16.6. The van der Waals surface area contributed by atoms with Crippen LogP contribution in [0.3, 0.4) is 0 Å². The fraction of sp³-hybridized carbons (Fsp3) is 0.552. The van der Waals surface area contributed by atoms with E-state index in [4.69, 9.17) is 14.6 Å². The van der Waals surface area contributed by atoms with Crippen LogP contribution < -0.4 is 0 Å². The molecule has 2 saturated carbocycles. The van der Waals surface area contributed by atoms with Crippen LogP contribution >= 0.6 is 0 Å². The van der Waals surface area contributed by atoms with Crippen molar-refractivity contribution in [3.63, 3.8) is 0 Å². The number of carbonyl (C=O) groups is 5. The third kappa shape index (κ3) is 4.49. The first-order valence-electron chi connectivity index (χ1n) is 13.1. The van der Waals surface area contributed by atoms with Crippen LogP contribution in [0.15, 0.2) is 48.6 Å². The predicted molar refractivity (Wildman–Crippen MR) is 136 cm³/mol. The number of carboxylic acid groups (broad SMARTS) is 1. The van der Waals surface area contributed by atoms with Crippen LogP contribution in [0, 0.1) is 40.4 Å². The Bertz CT molecular complexity index is 1180. The highest BCUT2D eigenvalue weighted by molar-refractivity contribution is 6.28. The Balaban J connectivity index is 1.78. The first-order valence-corrected chi connectivity index (χ1v) is 13.1. The van der Waals surface area contributed by atoms with E-state index in [0.717, 1.165) is 6.08 Å². The minimum Gasteiger partial charge on any atom is -0.478 e. The predicted octanol–water partition coefficient (Wildman–Crippen LogP) is 1.56. The number of ketones is 2. The molecular formula is C29H34O10. The van der Waals surface area contributed by atoms with Crippen molar-refractivity contribution in [3.05, 3.63) is 48.6 Å². The van der Waals surface area contributed by atoms with Crippen molar-refractivity contribution in [1.82, 2.24) is 0 Å². The zero-order valence-corrected chi connectivity index (χ0v) is 22.1. The molecule has 3 N–H and O–H groups in total. The molecule has 1 saturated heterocycles. The van der Waals surface area contributed by atoms with Crippen molar-refractivity contribution in [3.8, 4) is 0 Å². The summed E-state index contributed by atoms with van der Waals surface area (Å²) in [6, 6.07) is 0. The highest BCUT2D eigenvalue weighted by Gasteiger charge is 2.74. The molecule has 0 amide bonds. The minimum absolute atomic E-state index is 0.236. The molecule has 0 radical (unpaired) electrons. The van der Waals surface area contributed by atoms with Crippen molar-refractivity contribution in [2.75, 3.05) is 6.61 Å². The summed E-state index contributed by atoms with van der Waals surface area (Å²) in [6.45, 7) is 4.01. The number of ether oxygens (including phenoxy) is 2. The topological polar surface area (TPSA) is 164 Å². The normalized spacial score (nSPS) is 41.8. The van der Waals surface area contributed by atoms with Crippen molar-refractivity contribution in [2.45, 2.75) is 51.9 Å². The molecule has 1 spiro atoms. The summed E-state index contributed by atoms with van der Waals surface area (Å²) in [4.78, 5) is 64.2. The zero-order chi connectivity index (χ0) is 28.7. The standard InChI is InChI=1S/C29H34O10/c1-15-21(38-16(2)31)13-20-19(24(15)34)11-10-17-12-18(8-6-4-5-7-9-23(32)33)29(26(36)28(17,20)3)25(35)22(14-30)39-27(29)37/h4-11,15,17-22,24,30,34H,12-14H2,1-3H3,(H,32,33)/b5-4+,8-6+,9-7?/t15-,17-,18+,19+,20-,21+,22+,24+,28?,29-/m0/s1. The van der Waals surface area contributed by atoms with Gasteiger partial charge in [0.2, 0.25) is 5.78 Å². The molecular weight excluding hydrogens is 508 g/mol. The Kier molecular flexibility index (Phi) is 7.82. The smallest absolute Gasteiger partial charge is 0.328 e. The number of hydrogen-bond acceptors (Lipinski definition) is 9. The molecule has 3 fully saturated rings. The molecule has 0 aromatic heterocycles. The fourth-order valence-electron chi connectivity index (χ4n) is 7.11. The lowest BCUT2D eigenvalue weighted by molar-refractivity contribution is -0.180. The largest absolute Gasteiger partial charge is 0.478 e. The van der Waals surface area contributed by atoms with Gasteiger partial charge in [-0.25, -0.2) is 4.79 Å². The summed E-state index contributed by atoms with van der Waals surface area (Å²) in [6.07, 6.45) is 9.58. The van der Waals surface area contributed by atoms with Gasteiger partial charge in [-0.15, -0.1) is 0 Å². The lowest BCUT2D eigenvalue weighted by Gasteiger charge is -2.58. The fourth-order valence-corrected chi connectivity index (χ4v) is 7.11. The number of allylic oxidation sites excluding steroid dienone is 6. The summed E-state index contributed by atoms with van der Waals surface area (Å²) >= 11 is 0. The highest BCUT2D eigenvalue weighted by Crippen LogP contribution is 2.62. The molecule has 210 valence electrons. The number of aliphatic hydroxyl groups excluding tert-OH is 2. The SMILES string of the molecule is CC(=O)O[C@@H]1C[C@H]2[C@@H](C=C[C@H]3C[C@@H](/C=C/C=C/C=CC(=O)O)[C@@]4(C(=O)O[C@H](CO)C4=O)C(=O)C32C)[C@H](O)[C@H]1C. The van der Waals surface area contributed by atoms with Gasteiger partial charge in [0.1, 0.15) is 6.10 Å². The van der Waals surface area contributed by atoms with Gasteiger partial charge < -0.3 is 24.8 Å². The van der Waals surface area contributed by atoms with Crippen LogP contribution in [0.25, 0.3) is 0 Å². The van der Waals surface area contributed by atoms with E-state index >= 15 is 0 Å². The summed E-state index contributed by atoms with van der Waals surface area (Å²) in [5.74, 6) is -6.68. The van der Waals surface area contributed by atoms with Gasteiger partial charge in [-0.2, -0.15) is 0 Å². The van der Waals surface area contributed by atoms with Crippen LogP contribution in [0.5, 0.6) is 0 Å². The maximum absolute atomic E-state index is 14.6. The maximum atomic E-state index is 14.6. The molecule has 10 atom stereocenters. The second-order valence-corrected chi connectivity index (χ2v) is 11.1. The quantitative estimate of drug-likeness (QED) is 0.147. The first kappa shape index (κ1) is 28.6. The van der Waals surface area contributed by atoms with Crippen molar-refractivity contribution in [1.29, 1.82) is 0 Å². The van der Waals surface area contributed by atoms with Crippen LogP contribution in [0.1, 0.15) is 33.6 Å². The maximum Gasteiger partial charge on any atom is 0.328 e. The molecule has 1 aliphatic heterocycles. The average Bonchev–Trinajstić information content (AvgIpc) is 3.13. The summed E-state index contributed by atoms with van der Waals surface area (Å²) < 4.78 is 10.7. The zero-order valence-electron chi connectivity index (χ0n) is 22.1. The Hall–Kier alpha value is -3.37. The minimum atomic E-state index is -2.18. The number of rotatable bonds is 6. The number of aliphatic hydroxyl groups is 2. The second kappa shape index (κ2) is 10.7. The van der Waals surface area contributed by atoms with E-state index in [1.165, 1.54) is 25.2 Å². The lowest BCUT2D eigenvalue weighted by atomic mass is 9.43. The van der Waals surface area contributed by atoms with E-state index in [2.05, 4.69) is 0 Å². The molecule has 0 aromatic carbocycles. The molecule has 1 unspecified atom stereocenters. The van der Waals surface area contributed by atoms with Gasteiger partial charge in [0, 0.05) is 36.2 Å². The second-order valence-electron chi connectivity index (χ2n) is 11.1. The number of Topliss-reactive ketones (excluding diaryl/α,β-unsaturated/α-hetero) is 2. The molecule has 10 nitrogen and oxygen atoms in total. The van der Waals surface area contributed by atoms with E-state index < -0.39 is 88.9 Å². The van der Waals surface area contributed by atoms with Crippen LogP contribution in [-0.2, 0) is 33.4 Å². The van der Waals surface area contributed by atoms with E-state index in [-0.39, 0.29) is 18.8 Å². The summed E-state index contributed by atoms with van der Waals surface area (Å²) in [5.41, 5.74) is -3.44. The molecule has 3 aliphatic carbocycles. The van der Waals surface area contributed by atoms with Crippen molar-refractivity contribution < 1.29 is 48.8 Å². The van der Waals surface area contributed by atoms with Gasteiger partial charge in [0.25, 0.3) is 0 Å². The number of aliphatic carboxylic acids is 1. The van der Waals surface area contributed by atoms with E-state index in [9.17, 15) is 34.2 Å². The third-order valence-corrected chi connectivity index (χ3v) is 9.14. The number of carbonyl (C=O) groups excluding carboxylic acids is 4. The number of carboxylic acids is 1. The van der Waals surface area contributed by atoms with Gasteiger partial charge in [0.15, 0.2) is 17.3 Å². The van der Waals surface area contributed by atoms with Crippen LogP contribution in [0.2, 0.25) is 0 Å². The lowest BCUT2D eigenvalue weighted by Crippen LogP contribution is -2.66. The number of cyclic esters (lactones) is 1.